The Morgan fingerprint density at radius 3 is 0.805 bits per heavy atom. The molecule has 0 aliphatic rings. The number of hydrogen-bond donors (Lipinski definition) is 0. The zero-order chi connectivity index (χ0) is 59.8. The van der Waals surface area contributed by atoms with E-state index >= 15 is 0 Å². The van der Waals surface area contributed by atoms with Crippen LogP contribution in [0.4, 0.5) is 79.0 Å². The number of nitrogens with zero attached hydrogens (tertiary/aromatic N) is 6. The number of fused-ring (bicyclic) bond motifs is 2. The second kappa shape index (κ2) is 20.1. The monoisotopic (exact) mass is 1150 g/mol. The highest BCUT2D eigenvalue weighted by Crippen LogP contribution is 2.51. The van der Waals surface area contributed by atoms with E-state index in [9.17, 15) is 100 Å². The van der Waals surface area contributed by atoms with Crippen LogP contribution < -0.4 is 0 Å². The number of benzene rings is 7. The number of hydrogen-bond acceptors (Lipinski definition) is 8. The van der Waals surface area contributed by atoms with Gasteiger partial charge in [0, 0.05) is 0 Å². The van der Waals surface area contributed by atoms with Crippen LogP contribution in [0.15, 0.2) is 130 Å². The molecule has 26 heteroatoms. The van der Waals surface area contributed by atoms with Crippen LogP contribution >= 0.6 is 0 Å². The fourth-order valence-corrected chi connectivity index (χ4v) is 8.97. The first-order valence-corrected chi connectivity index (χ1v) is 22.8. The summed E-state index contributed by atoms with van der Waals surface area (Å²) in [5, 5.41) is 40.1. The molecule has 0 fully saturated rings. The molecule has 2 heterocycles. The maximum atomic E-state index is 14.9. The van der Waals surface area contributed by atoms with Gasteiger partial charge in [0.1, 0.15) is 11.0 Å². The van der Waals surface area contributed by atoms with Crippen LogP contribution in [0.2, 0.25) is 0 Å². The third-order valence-corrected chi connectivity index (χ3v) is 12.6. The number of nitriles is 4. The first-order chi connectivity index (χ1) is 38.2. The molecule has 7 aromatic carbocycles. The lowest BCUT2D eigenvalue weighted by Gasteiger charge is -2.19. The van der Waals surface area contributed by atoms with Crippen molar-refractivity contribution in [2.75, 3.05) is 0 Å². The van der Waals surface area contributed by atoms with Crippen molar-refractivity contribution in [3.63, 3.8) is 0 Å². The highest BCUT2D eigenvalue weighted by Gasteiger charge is 2.41. The van der Waals surface area contributed by atoms with E-state index in [1.54, 1.807) is 24.3 Å². The van der Waals surface area contributed by atoms with Crippen molar-refractivity contribution in [1.82, 2.24) is 9.97 Å². The Balaban J connectivity index is 1.39. The van der Waals surface area contributed by atoms with Gasteiger partial charge in [0.05, 0.1) is 68.8 Å². The third-order valence-electron chi connectivity index (χ3n) is 12.6. The fourth-order valence-electron chi connectivity index (χ4n) is 8.97. The summed E-state index contributed by atoms with van der Waals surface area (Å²) in [4.78, 5) is 8.77. The van der Waals surface area contributed by atoms with Gasteiger partial charge in [0.15, 0.2) is 11.2 Å². The predicted octanol–water partition coefficient (Wildman–Crippen LogP) is 18.3. The molecule has 8 nitrogen and oxygen atoms in total. The van der Waals surface area contributed by atoms with E-state index in [1.807, 2.05) is 0 Å². The lowest BCUT2D eigenvalue weighted by Crippen LogP contribution is -2.11. The average Bonchev–Trinajstić information content (AvgIpc) is 2.98. The predicted molar refractivity (Wildman–Crippen MR) is 252 cm³/mol. The summed E-state index contributed by atoms with van der Waals surface area (Å²) in [5.41, 5.74) is -19.8. The molecule has 0 bridgehead atoms. The number of alkyl halides is 18. The Hall–Kier alpha value is -9.82. The van der Waals surface area contributed by atoms with Gasteiger partial charge < -0.3 is 8.83 Å². The molecule has 9 aromatic rings. The molecule has 0 unspecified atom stereocenters. The van der Waals surface area contributed by atoms with Gasteiger partial charge >= 0.3 is 37.1 Å². The Bertz CT molecular complexity index is 3810. The highest BCUT2D eigenvalue weighted by molar-refractivity contribution is 6.18. The molecule has 0 radical (unpaired) electrons. The van der Waals surface area contributed by atoms with Crippen molar-refractivity contribution in [3.05, 3.63) is 166 Å². The van der Waals surface area contributed by atoms with E-state index in [4.69, 9.17) is 8.83 Å². The normalized spacial score (nSPS) is 12.7. The lowest BCUT2D eigenvalue weighted by molar-refractivity contribution is -0.144. The summed E-state index contributed by atoms with van der Waals surface area (Å²) < 4.78 is 270. The van der Waals surface area contributed by atoms with Gasteiger partial charge in [-0.15, -0.1) is 0 Å². The van der Waals surface area contributed by atoms with Crippen molar-refractivity contribution >= 4 is 22.2 Å². The van der Waals surface area contributed by atoms with Crippen molar-refractivity contribution < 1.29 is 87.9 Å². The molecule has 0 spiro atoms. The van der Waals surface area contributed by atoms with E-state index in [0.717, 1.165) is 24.3 Å². The molecule has 2 aromatic heterocycles. The maximum Gasteiger partial charge on any atom is 0.416 e. The second-order valence-electron chi connectivity index (χ2n) is 17.9. The van der Waals surface area contributed by atoms with Gasteiger partial charge in [-0.25, -0.2) is 9.97 Å². The van der Waals surface area contributed by atoms with Crippen LogP contribution in [0.5, 0.6) is 0 Å². The van der Waals surface area contributed by atoms with Crippen LogP contribution in [0.1, 0.15) is 57.0 Å². The number of halogens is 18. The summed E-state index contributed by atoms with van der Waals surface area (Å²) in [6.07, 6.45) is -32.5. The summed E-state index contributed by atoms with van der Waals surface area (Å²) >= 11 is 0. The van der Waals surface area contributed by atoms with Crippen molar-refractivity contribution in [3.8, 4) is 91.0 Å². The molecule has 0 amide bonds. The lowest BCUT2D eigenvalue weighted by atomic mass is 9.87. The Morgan fingerprint density at radius 1 is 0.317 bits per heavy atom. The smallest absolute Gasteiger partial charge is 0.416 e. The van der Waals surface area contributed by atoms with Crippen molar-refractivity contribution in [2.45, 2.75) is 48.9 Å². The van der Waals surface area contributed by atoms with Gasteiger partial charge in [0.2, 0.25) is 23.6 Å². The minimum atomic E-state index is -5.44. The van der Waals surface area contributed by atoms with Gasteiger partial charge in [-0.3, -0.25) is 0 Å². The number of rotatable bonds is 8. The number of aromatic nitrogens is 2. The summed E-state index contributed by atoms with van der Waals surface area (Å²) in [7, 11) is 0. The van der Waals surface area contributed by atoms with Crippen molar-refractivity contribution in [1.29, 1.82) is 21.0 Å². The first kappa shape index (κ1) is 56.9. The molecule has 414 valence electrons. The Labute approximate surface area is 446 Å². The van der Waals surface area contributed by atoms with Crippen LogP contribution in [-0.4, -0.2) is 9.97 Å². The highest BCUT2D eigenvalue weighted by atomic mass is 19.4. The van der Waals surface area contributed by atoms with E-state index in [-0.39, 0.29) is 70.8 Å². The molecule has 0 saturated carbocycles. The van der Waals surface area contributed by atoms with Gasteiger partial charge in [-0.2, -0.15) is 100 Å². The Kier molecular flexibility index (Phi) is 13.9. The van der Waals surface area contributed by atoms with Gasteiger partial charge in [0.25, 0.3) is 0 Å². The topological polar surface area (TPSA) is 147 Å². The van der Waals surface area contributed by atoms with E-state index in [1.165, 1.54) is 36.4 Å². The van der Waals surface area contributed by atoms with Crippen LogP contribution in [0.25, 0.3) is 89.0 Å². The molecule has 9 rings (SSSR count). The molecule has 0 atom stereocenters. The summed E-state index contributed by atoms with van der Waals surface area (Å²) in [6, 6.07) is 19.5. The second-order valence-corrected chi connectivity index (χ2v) is 17.9. The number of oxazole rings is 2. The molecular formula is C56H22F18N6O2. The Morgan fingerprint density at radius 2 is 0.549 bits per heavy atom. The van der Waals surface area contributed by atoms with Crippen LogP contribution in [0, 0.1) is 45.3 Å². The van der Waals surface area contributed by atoms with Crippen molar-refractivity contribution in [2.24, 2.45) is 0 Å². The van der Waals surface area contributed by atoms with Gasteiger partial charge in [-0.1, -0.05) is 48.5 Å². The zero-order valence-corrected chi connectivity index (χ0v) is 40.0. The molecular weight excluding hydrogens is 1130 g/mol. The standard InChI is InChI=1S/C56H22F18N6O2/c57-51(58,59)33-11-25(27-13-35(53(63,64)65)19-36(14-27)54(66,67)68)9-29(17-33)39-5-1-3-7-41(39)43-45-48(82-49(79-45)31(21-75)22-76)44(46-47(43)81-50(80-46)32(23-77)24-78)42-8-4-2-6-40(42)30-10-26(12-34(18-30)52(60,61)62)28-15-37(55(69,70)71)20-38(16-28)56(72,73)74/h1-20,31-32H. The maximum absolute atomic E-state index is 14.9. The van der Waals surface area contributed by atoms with Crippen LogP contribution in [-0.2, 0) is 37.1 Å². The zero-order valence-electron chi connectivity index (χ0n) is 40.0. The fraction of sp³-hybridized carbons (Fsp3) is 0.143. The quantitative estimate of drug-likeness (QED) is 0.137. The third kappa shape index (κ3) is 10.8. The first-order valence-electron chi connectivity index (χ1n) is 22.8. The molecule has 0 aliphatic carbocycles. The molecule has 0 aliphatic heterocycles. The summed E-state index contributed by atoms with van der Waals surface area (Å²) in [5.74, 6) is -5.32. The SMILES string of the molecule is N#CC(C#N)c1nc2c(-c3ccccc3-c3cc(-c4cc(C(F)(F)F)cc(C(F)(F)F)c4)cc(C(F)(F)F)c3)c3oc(C(C#N)C#N)nc3c(-c3ccccc3-c3cc(-c4cc(C(F)(F)F)cc(C(F)(F)F)c4)cc(C(F)(F)F)c3)c2o1. The minimum absolute atomic E-state index is 0.188. The van der Waals surface area contributed by atoms with E-state index < -0.39 is 161 Å². The largest absolute Gasteiger partial charge is 0.437 e. The molecule has 82 heavy (non-hydrogen) atoms. The minimum Gasteiger partial charge on any atom is -0.437 e. The summed E-state index contributed by atoms with van der Waals surface area (Å²) in [6.45, 7) is 0. The molecule has 0 saturated heterocycles. The van der Waals surface area contributed by atoms with E-state index in [0.29, 0.717) is 12.1 Å². The average molecular weight is 1150 g/mol. The van der Waals surface area contributed by atoms with Crippen LogP contribution in [0.3, 0.4) is 0 Å². The van der Waals surface area contributed by atoms with Gasteiger partial charge in [-0.05, 0) is 128 Å². The molecule has 0 N–H and O–H groups in total. The van der Waals surface area contributed by atoms with E-state index in [2.05, 4.69) is 9.97 Å².